The molecule has 2 N–H and O–H groups in total. The van der Waals surface area contributed by atoms with E-state index < -0.39 is 41.1 Å². The lowest BCUT2D eigenvalue weighted by Gasteiger charge is -2.30. The molecule has 1 aromatic carbocycles. The molecule has 3 rings (SSSR count). The minimum Gasteiger partial charge on any atom is -0.346 e. The molecule has 24 heavy (non-hydrogen) atoms. The van der Waals surface area contributed by atoms with Crippen LogP contribution in [0.15, 0.2) is 18.2 Å². The lowest BCUT2D eigenvalue weighted by Crippen LogP contribution is -2.51. The average molecular weight is 348 g/mol. The van der Waals surface area contributed by atoms with Gasteiger partial charge in [0.1, 0.15) is 5.82 Å². The van der Waals surface area contributed by atoms with Crippen LogP contribution in [0.4, 0.5) is 28.0 Å². The van der Waals surface area contributed by atoms with Gasteiger partial charge in [-0.25, -0.2) is 9.18 Å². The zero-order valence-corrected chi connectivity index (χ0v) is 12.6. The van der Waals surface area contributed by atoms with Crippen molar-refractivity contribution in [3.8, 4) is 0 Å². The maximum Gasteiger partial charge on any atom is 0.418 e. The summed E-state index contributed by atoms with van der Waals surface area (Å²) in [5, 5.41) is 4.72. The summed E-state index contributed by atoms with van der Waals surface area (Å²) >= 11 is 0. The highest BCUT2D eigenvalue weighted by Gasteiger charge is 2.48. The van der Waals surface area contributed by atoms with Crippen LogP contribution in [0.25, 0.3) is 0 Å². The van der Waals surface area contributed by atoms with Crippen LogP contribution < -0.4 is 10.6 Å². The zero-order valence-electron chi connectivity index (χ0n) is 12.6. The van der Waals surface area contributed by atoms with Gasteiger partial charge in [-0.15, -0.1) is 0 Å². The quantitative estimate of drug-likeness (QED) is 0.807. The SMILES string of the molecule is O=C(Nc1ccc(F)cc1C(F)(F)F)NC1CCCC12OCCO2. The number of carbonyl (C=O) groups is 1. The van der Waals surface area contributed by atoms with Gasteiger partial charge in [-0.1, -0.05) is 0 Å². The smallest absolute Gasteiger partial charge is 0.346 e. The lowest BCUT2D eigenvalue weighted by molar-refractivity contribution is -0.164. The van der Waals surface area contributed by atoms with Crippen LogP contribution in [0.1, 0.15) is 24.8 Å². The van der Waals surface area contributed by atoms with Crippen LogP contribution in [0.3, 0.4) is 0 Å². The summed E-state index contributed by atoms with van der Waals surface area (Å²) in [6.45, 7) is 0.825. The fraction of sp³-hybridized carbons (Fsp3) is 0.533. The number of carbonyl (C=O) groups excluding carboxylic acids is 1. The number of rotatable bonds is 2. The van der Waals surface area contributed by atoms with Crippen molar-refractivity contribution in [2.75, 3.05) is 18.5 Å². The third-order valence-corrected chi connectivity index (χ3v) is 4.17. The van der Waals surface area contributed by atoms with Crippen LogP contribution in [-0.4, -0.2) is 31.1 Å². The van der Waals surface area contributed by atoms with E-state index in [1.807, 2.05) is 0 Å². The van der Waals surface area contributed by atoms with Gasteiger partial charge in [-0.2, -0.15) is 13.2 Å². The van der Waals surface area contributed by atoms with Crippen LogP contribution >= 0.6 is 0 Å². The highest BCUT2D eigenvalue weighted by Crippen LogP contribution is 2.38. The normalized spacial score (nSPS) is 22.8. The average Bonchev–Trinajstić information content (AvgIpc) is 3.11. The van der Waals surface area contributed by atoms with E-state index in [-0.39, 0.29) is 0 Å². The number of amides is 2. The molecule has 0 aromatic heterocycles. The Hall–Kier alpha value is -1.87. The van der Waals surface area contributed by atoms with Gasteiger partial charge in [0.25, 0.3) is 0 Å². The molecule has 2 aliphatic rings. The Balaban J connectivity index is 1.72. The van der Waals surface area contributed by atoms with Gasteiger partial charge >= 0.3 is 12.2 Å². The van der Waals surface area contributed by atoms with Crippen molar-refractivity contribution < 1.29 is 31.8 Å². The number of hydrogen-bond acceptors (Lipinski definition) is 3. The number of hydrogen-bond donors (Lipinski definition) is 2. The molecular formula is C15H16F4N2O3. The summed E-state index contributed by atoms with van der Waals surface area (Å²) in [7, 11) is 0. The minimum atomic E-state index is -4.78. The molecule has 1 unspecified atom stereocenters. The maximum absolute atomic E-state index is 13.1. The number of urea groups is 1. The second-order valence-electron chi connectivity index (χ2n) is 5.74. The van der Waals surface area contributed by atoms with Crippen molar-refractivity contribution in [1.82, 2.24) is 5.32 Å². The van der Waals surface area contributed by atoms with Gasteiger partial charge in [-0.05, 0) is 31.0 Å². The monoisotopic (exact) mass is 348 g/mol. The van der Waals surface area contributed by atoms with Crippen molar-refractivity contribution in [3.05, 3.63) is 29.6 Å². The van der Waals surface area contributed by atoms with E-state index in [4.69, 9.17) is 9.47 Å². The summed E-state index contributed by atoms with van der Waals surface area (Å²) in [6.07, 6.45) is -2.79. The zero-order chi connectivity index (χ0) is 17.4. The first kappa shape index (κ1) is 17.0. The number of nitrogens with one attached hydrogen (secondary N) is 2. The van der Waals surface area contributed by atoms with Crippen molar-refractivity contribution >= 4 is 11.7 Å². The van der Waals surface area contributed by atoms with E-state index in [0.29, 0.717) is 32.1 Å². The molecule has 2 fully saturated rings. The molecule has 1 heterocycles. The number of anilines is 1. The third kappa shape index (κ3) is 3.32. The number of alkyl halides is 3. The molecule has 9 heteroatoms. The second-order valence-corrected chi connectivity index (χ2v) is 5.74. The predicted octanol–water partition coefficient (Wildman–Crippen LogP) is 3.26. The number of halogens is 4. The molecule has 0 bridgehead atoms. The fourth-order valence-electron chi connectivity index (χ4n) is 3.12. The lowest BCUT2D eigenvalue weighted by atomic mass is 10.1. The number of benzene rings is 1. The van der Waals surface area contributed by atoms with Crippen LogP contribution in [0, 0.1) is 5.82 Å². The topological polar surface area (TPSA) is 59.6 Å². The first-order valence-electron chi connectivity index (χ1n) is 7.52. The summed E-state index contributed by atoms with van der Waals surface area (Å²) < 4.78 is 63.0. The molecule has 1 atom stereocenters. The predicted molar refractivity (Wildman–Crippen MR) is 75.8 cm³/mol. The van der Waals surface area contributed by atoms with Gasteiger partial charge in [-0.3, -0.25) is 0 Å². The van der Waals surface area contributed by atoms with Crippen LogP contribution in [0.5, 0.6) is 0 Å². The van der Waals surface area contributed by atoms with Gasteiger partial charge < -0.3 is 20.1 Å². The maximum atomic E-state index is 13.1. The Bertz CT molecular complexity index is 624. The van der Waals surface area contributed by atoms with Gasteiger partial charge in [0, 0.05) is 6.42 Å². The summed E-state index contributed by atoms with van der Waals surface area (Å²) in [5.41, 5.74) is -1.76. The first-order chi connectivity index (χ1) is 11.3. The Morgan fingerprint density at radius 1 is 1.25 bits per heavy atom. The molecular weight excluding hydrogens is 332 g/mol. The molecule has 132 valence electrons. The molecule has 1 aromatic rings. The molecule has 1 aliphatic heterocycles. The van der Waals surface area contributed by atoms with E-state index in [9.17, 15) is 22.4 Å². The van der Waals surface area contributed by atoms with Gasteiger partial charge in [0.2, 0.25) is 0 Å². The molecule has 0 radical (unpaired) electrons. The van der Waals surface area contributed by atoms with E-state index >= 15 is 0 Å². The van der Waals surface area contributed by atoms with Crippen LogP contribution in [0.2, 0.25) is 0 Å². The Morgan fingerprint density at radius 2 is 1.96 bits per heavy atom. The largest absolute Gasteiger partial charge is 0.418 e. The van der Waals surface area contributed by atoms with Crippen molar-refractivity contribution in [1.29, 1.82) is 0 Å². The van der Waals surface area contributed by atoms with Crippen molar-refractivity contribution in [2.45, 2.75) is 37.3 Å². The highest BCUT2D eigenvalue weighted by atomic mass is 19.4. The standard InChI is InChI=1S/C15H16F4N2O3/c16-9-3-4-11(10(8-9)15(17,18)19)20-13(22)21-12-2-1-5-14(12)23-6-7-24-14/h3-4,8,12H,1-2,5-7H2,(H2,20,21,22). The van der Waals surface area contributed by atoms with E-state index in [1.165, 1.54) is 0 Å². The van der Waals surface area contributed by atoms with Gasteiger partial charge in [0.15, 0.2) is 5.79 Å². The van der Waals surface area contributed by atoms with E-state index in [1.54, 1.807) is 0 Å². The molecule has 1 saturated carbocycles. The van der Waals surface area contributed by atoms with Crippen molar-refractivity contribution in [2.24, 2.45) is 0 Å². The summed E-state index contributed by atoms with van der Waals surface area (Å²) in [6, 6.07) is 0.804. The van der Waals surface area contributed by atoms with Gasteiger partial charge in [0.05, 0.1) is 30.5 Å². The second kappa shape index (κ2) is 6.21. The first-order valence-corrected chi connectivity index (χ1v) is 7.52. The number of ether oxygens (including phenoxy) is 2. The highest BCUT2D eigenvalue weighted by molar-refractivity contribution is 5.90. The molecule has 1 saturated heterocycles. The van der Waals surface area contributed by atoms with E-state index in [2.05, 4.69) is 10.6 Å². The van der Waals surface area contributed by atoms with E-state index in [0.717, 1.165) is 18.6 Å². The Kier molecular flexibility index (Phi) is 4.39. The summed E-state index contributed by atoms with van der Waals surface area (Å²) in [5.74, 6) is -1.93. The molecule has 2 amide bonds. The minimum absolute atomic E-state index is 0.343. The van der Waals surface area contributed by atoms with Crippen molar-refractivity contribution in [3.63, 3.8) is 0 Å². The molecule has 1 aliphatic carbocycles. The van der Waals surface area contributed by atoms with Crippen LogP contribution in [-0.2, 0) is 15.7 Å². The molecule has 5 nitrogen and oxygen atoms in total. The fourth-order valence-corrected chi connectivity index (χ4v) is 3.12. The Labute approximate surface area is 135 Å². The Morgan fingerprint density at radius 3 is 2.62 bits per heavy atom. The third-order valence-electron chi connectivity index (χ3n) is 4.17. The summed E-state index contributed by atoms with van der Waals surface area (Å²) in [4.78, 5) is 12.1. The molecule has 1 spiro atoms.